The number of imide groups is 1. The first kappa shape index (κ1) is 21.1. The summed E-state index contributed by atoms with van der Waals surface area (Å²) in [6.07, 6.45) is 4.15. The van der Waals surface area contributed by atoms with Crippen molar-refractivity contribution >= 4 is 39.5 Å². The Morgan fingerprint density at radius 3 is 2.50 bits per heavy atom. The molecule has 1 spiro atoms. The monoisotopic (exact) mass is 454 g/mol. The second-order valence-corrected chi connectivity index (χ2v) is 10.4. The minimum Gasteiger partial charge on any atom is -0.322 e. The zero-order valence-corrected chi connectivity index (χ0v) is 18.0. The van der Waals surface area contributed by atoms with Gasteiger partial charge in [0.25, 0.3) is 11.8 Å². The Morgan fingerprint density at radius 2 is 1.87 bits per heavy atom. The summed E-state index contributed by atoms with van der Waals surface area (Å²) in [6, 6.07) is 2.96. The minimum absolute atomic E-state index is 0.0232. The molecule has 0 atom stereocenters. The van der Waals surface area contributed by atoms with E-state index in [0.717, 1.165) is 31.7 Å². The number of amides is 4. The van der Waals surface area contributed by atoms with E-state index < -0.39 is 33.4 Å². The second-order valence-electron chi connectivity index (χ2n) is 8.32. The molecule has 2 saturated carbocycles. The van der Waals surface area contributed by atoms with Gasteiger partial charge < -0.3 is 5.32 Å². The van der Waals surface area contributed by atoms with Gasteiger partial charge in [-0.25, -0.2) is 17.9 Å². The molecule has 1 aromatic rings. The van der Waals surface area contributed by atoms with E-state index in [0.29, 0.717) is 23.8 Å². The van der Waals surface area contributed by atoms with Crippen molar-refractivity contribution in [2.24, 2.45) is 5.92 Å². The lowest BCUT2D eigenvalue weighted by Gasteiger charge is -2.33. The van der Waals surface area contributed by atoms with Gasteiger partial charge in [0.2, 0.25) is 10.0 Å². The SMILES string of the molecule is CC1CCC2(CC1)NC(=O)N(NC(=O)c1ccc(Cl)c(S(=O)(=O)NC3CC3)c1)C2=O. The number of benzene rings is 1. The molecule has 3 aliphatic rings. The number of carbonyl (C=O) groups excluding carboxylic acids is 3. The highest BCUT2D eigenvalue weighted by atomic mass is 35.5. The first-order chi connectivity index (χ1) is 14.1. The molecule has 1 saturated heterocycles. The Kier molecular flexibility index (Phi) is 5.27. The van der Waals surface area contributed by atoms with Crippen molar-refractivity contribution in [2.75, 3.05) is 0 Å². The van der Waals surface area contributed by atoms with Crippen LogP contribution in [-0.2, 0) is 14.8 Å². The predicted octanol–water partition coefficient (Wildman–Crippen LogP) is 1.93. The van der Waals surface area contributed by atoms with Gasteiger partial charge >= 0.3 is 6.03 Å². The van der Waals surface area contributed by atoms with Crippen LogP contribution in [0.2, 0.25) is 5.02 Å². The van der Waals surface area contributed by atoms with Crippen LogP contribution in [0.3, 0.4) is 0 Å². The number of hydrogen-bond donors (Lipinski definition) is 3. The Bertz CT molecular complexity index is 1020. The summed E-state index contributed by atoms with van der Waals surface area (Å²) in [5, 5.41) is 3.38. The topological polar surface area (TPSA) is 125 Å². The highest BCUT2D eigenvalue weighted by Gasteiger charge is 2.53. The fourth-order valence-corrected chi connectivity index (χ4v) is 5.65. The molecular formula is C19H23ClN4O5S. The highest BCUT2D eigenvalue weighted by molar-refractivity contribution is 7.89. The van der Waals surface area contributed by atoms with E-state index in [4.69, 9.17) is 11.6 Å². The number of rotatable bonds is 5. The summed E-state index contributed by atoms with van der Waals surface area (Å²) in [7, 11) is -3.88. The zero-order chi connectivity index (χ0) is 21.7. The smallest absolute Gasteiger partial charge is 0.322 e. The van der Waals surface area contributed by atoms with Gasteiger partial charge in [-0.2, -0.15) is 5.01 Å². The van der Waals surface area contributed by atoms with Crippen molar-refractivity contribution < 1.29 is 22.8 Å². The standard InChI is InChI=1S/C19H23ClN4O5S/c1-11-6-8-19(9-7-11)17(26)24(18(27)21-19)22-16(25)12-2-5-14(20)15(10-12)30(28,29)23-13-3-4-13/h2,5,10-11,13,23H,3-4,6-9H2,1H3,(H,21,27)(H,22,25). The van der Waals surface area contributed by atoms with E-state index in [1.165, 1.54) is 12.1 Å². The summed E-state index contributed by atoms with van der Waals surface area (Å²) >= 11 is 6.04. The number of halogens is 1. The molecule has 30 heavy (non-hydrogen) atoms. The molecule has 1 aromatic carbocycles. The molecular weight excluding hydrogens is 432 g/mol. The molecule has 2 aliphatic carbocycles. The van der Waals surface area contributed by atoms with Gasteiger partial charge in [0, 0.05) is 11.6 Å². The number of hydrazine groups is 1. The lowest BCUT2D eigenvalue weighted by molar-refractivity contribution is -0.134. The van der Waals surface area contributed by atoms with E-state index in [2.05, 4.69) is 22.4 Å². The molecule has 1 aliphatic heterocycles. The zero-order valence-electron chi connectivity index (χ0n) is 16.4. The van der Waals surface area contributed by atoms with Crippen molar-refractivity contribution in [3.63, 3.8) is 0 Å². The van der Waals surface area contributed by atoms with Crippen LogP contribution < -0.4 is 15.5 Å². The van der Waals surface area contributed by atoms with Gasteiger partial charge in [0.15, 0.2) is 0 Å². The highest BCUT2D eigenvalue weighted by Crippen LogP contribution is 2.36. The summed E-state index contributed by atoms with van der Waals surface area (Å²) in [5.74, 6) is -0.799. The fraction of sp³-hybridized carbons (Fsp3) is 0.526. The van der Waals surface area contributed by atoms with E-state index in [9.17, 15) is 22.8 Å². The first-order valence-electron chi connectivity index (χ1n) is 9.91. The minimum atomic E-state index is -3.88. The molecule has 4 rings (SSSR count). The number of sulfonamides is 1. The first-order valence-corrected chi connectivity index (χ1v) is 11.8. The number of nitrogens with one attached hydrogen (secondary N) is 3. The van der Waals surface area contributed by atoms with Crippen molar-refractivity contribution in [3.8, 4) is 0 Å². The molecule has 1 heterocycles. The van der Waals surface area contributed by atoms with Crippen LogP contribution in [0.4, 0.5) is 4.79 Å². The number of nitrogens with zero attached hydrogens (tertiary/aromatic N) is 1. The van der Waals surface area contributed by atoms with Gasteiger partial charge in [-0.3, -0.25) is 15.0 Å². The predicted molar refractivity (Wildman–Crippen MR) is 108 cm³/mol. The molecule has 4 amide bonds. The van der Waals surface area contributed by atoms with Gasteiger partial charge in [0.1, 0.15) is 10.4 Å². The fourth-order valence-electron chi connectivity index (χ4n) is 3.82. The van der Waals surface area contributed by atoms with E-state index in [1.807, 2.05) is 0 Å². The van der Waals surface area contributed by atoms with E-state index in [-0.39, 0.29) is 21.5 Å². The Hall–Kier alpha value is -2.17. The van der Waals surface area contributed by atoms with E-state index >= 15 is 0 Å². The molecule has 162 valence electrons. The maximum Gasteiger partial charge on any atom is 0.344 e. The van der Waals surface area contributed by atoms with Crippen LogP contribution >= 0.6 is 11.6 Å². The van der Waals surface area contributed by atoms with Gasteiger partial charge in [-0.15, -0.1) is 0 Å². The summed E-state index contributed by atoms with van der Waals surface area (Å²) < 4.78 is 27.5. The molecule has 0 unspecified atom stereocenters. The molecule has 3 fully saturated rings. The molecule has 0 bridgehead atoms. The van der Waals surface area contributed by atoms with Crippen LogP contribution in [0.15, 0.2) is 23.1 Å². The third-order valence-electron chi connectivity index (χ3n) is 5.89. The largest absolute Gasteiger partial charge is 0.344 e. The van der Waals surface area contributed by atoms with Crippen molar-refractivity contribution in [3.05, 3.63) is 28.8 Å². The lowest BCUT2D eigenvalue weighted by atomic mass is 9.77. The summed E-state index contributed by atoms with van der Waals surface area (Å²) in [6.45, 7) is 2.10. The normalized spacial score (nSPS) is 26.7. The van der Waals surface area contributed by atoms with Crippen molar-refractivity contribution in [1.29, 1.82) is 0 Å². The lowest BCUT2D eigenvalue weighted by Crippen LogP contribution is -2.51. The maximum atomic E-state index is 12.9. The molecule has 3 N–H and O–H groups in total. The van der Waals surface area contributed by atoms with Gasteiger partial charge in [-0.05, 0) is 62.6 Å². The third kappa shape index (κ3) is 3.91. The Morgan fingerprint density at radius 1 is 1.20 bits per heavy atom. The molecule has 9 nitrogen and oxygen atoms in total. The maximum absolute atomic E-state index is 12.9. The quantitative estimate of drug-likeness (QED) is 0.586. The molecule has 0 radical (unpaired) electrons. The summed E-state index contributed by atoms with van der Waals surface area (Å²) in [5.41, 5.74) is 1.28. The third-order valence-corrected chi connectivity index (χ3v) is 7.89. The van der Waals surface area contributed by atoms with Crippen molar-refractivity contribution in [2.45, 2.75) is 61.9 Å². The van der Waals surface area contributed by atoms with Gasteiger partial charge in [-0.1, -0.05) is 18.5 Å². The Balaban J connectivity index is 1.52. The molecule has 11 heteroatoms. The van der Waals surface area contributed by atoms with Crippen LogP contribution in [0.5, 0.6) is 0 Å². The second kappa shape index (κ2) is 7.51. The average Bonchev–Trinajstić information content (AvgIpc) is 3.47. The van der Waals surface area contributed by atoms with Crippen LogP contribution in [-0.4, -0.2) is 42.9 Å². The van der Waals surface area contributed by atoms with Crippen LogP contribution in [0, 0.1) is 5.92 Å². The number of urea groups is 1. The number of hydrogen-bond acceptors (Lipinski definition) is 5. The average molecular weight is 455 g/mol. The molecule has 0 aromatic heterocycles. The van der Waals surface area contributed by atoms with E-state index in [1.54, 1.807) is 0 Å². The van der Waals surface area contributed by atoms with Gasteiger partial charge in [0.05, 0.1) is 5.02 Å². The van der Waals surface area contributed by atoms with Crippen molar-refractivity contribution in [1.82, 2.24) is 20.5 Å². The number of carbonyl (C=O) groups is 3. The Labute approximate surface area is 179 Å². The van der Waals surface area contributed by atoms with Crippen LogP contribution in [0.25, 0.3) is 0 Å². The summed E-state index contributed by atoms with van der Waals surface area (Å²) in [4.78, 5) is 37.7. The van der Waals surface area contributed by atoms with Crippen LogP contribution in [0.1, 0.15) is 55.8 Å².